The number of rotatable bonds is 4. The molecule has 2 aromatic carbocycles. The lowest BCUT2D eigenvalue weighted by atomic mass is 10.0. The standard InChI is InChI=1S/C18H16INO4/c19-14-7-3-1-5-12(14)18(22)24-11-17(21)20-15-9-10-23-16-8-4-2-6-13(15)16/h1-8,15H,9-11H2,(H,20,21). The normalized spacial score (nSPS) is 15.8. The molecule has 1 N–H and O–H groups in total. The molecular weight excluding hydrogens is 421 g/mol. The summed E-state index contributed by atoms with van der Waals surface area (Å²) in [6.45, 7) is 0.243. The van der Waals surface area contributed by atoms with Crippen LogP contribution in [0, 0.1) is 3.57 Å². The molecule has 2 aromatic rings. The van der Waals surface area contributed by atoms with E-state index in [4.69, 9.17) is 9.47 Å². The van der Waals surface area contributed by atoms with Gasteiger partial charge < -0.3 is 14.8 Å². The van der Waals surface area contributed by atoms with Gasteiger partial charge >= 0.3 is 5.97 Å². The Labute approximate surface area is 153 Å². The summed E-state index contributed by atoms with van der Waals surface area (Å²) in [4.78, 5) is 24.1. The van der Waals surface area contributed by atoms with E-state index in [0.717, 1.165) is 14.9 Å². The van der Waals surface area contributed by atoms with E-state index in [1.54, 1.807) is 12.1 Å². The average molecular weight is 437 g/mol. The maximum atomic E-state index is 12.1. The third kappa shape index (κ3) is 3.87. The van der Waals surface area contributed by atoms with Crippen LogP contribution in [0.15, 0.2) is 48.5 Å². The third-order valence-corrected chi connectivity index (χ3v) is 4.66. The maximum absolute atomic E-state index is 12.1. The van der Waals surface area contributed by atoms with Gasteiger partial charge in [0.1, 0.15) is 5.75 Å². The number of fused-ring (bicyclic) bond motifs is 1. The van der Waals surface area contributed by atoms with Crippen molar-refractivity contribution >= 4 is 34.5 Å². The van der Waals surface area contributed by atoms with Gasteiger partial charge in [0.25, 0.3) is 5.91 Å². The van der Waals surface area contributed by atoms with Crippen molar-refractivity contribution < 1.29 is 19.1 Å². The van der Waals surface area contributed by atoms with E-state index in [1.807, 2.05) is 36.4 Å². The van der Waals surface area contributed by atoms with Crippen molar-refractivity contribution in [2.45, 2.75) is 12.5 Å². The minimum atomic E-state index is -0.498. The summed E-state index contributed by atoms with van der Waals surface area (Å²) < 4.78 is 11.5. The number of hydrogen-bond donors (Lipinski definition) is 1. The molecule has 124 valence electrons. The lowest BCUT2D eigenvalue weighted by Gasteiger charge is -2.26. The van der Waals surface area contributed by atoms with Gasteiger partial charge in [0.15, 0.2) is 6.61 Å². The number of carbonyl (C=O) groups excluding carboxylic acids is 2. The average Bonchev–Trinajstić information content (AvgIpc) is 2.60. The molecule has 1 amide bonds. The van der Waals surface area contributed by atoms with E-state index in [0.29, 0.717) is 18.6 Å². The summed E-state index contributed by atoms with van der Waals surface area (Å²) in [5, 5.41) is 2.90. The number of esters is 1. The Kier molecular flexibility index (Phi) is 5.34. The molecule has 1 aliphatic heterocycles. The monoisotopic (exact) mass is 437 g/mol. The van der Waals surface area contributed by atoms with Crippen LogP contribution in [0.2, 0.25) is 0 Å². The molecular formula is C18H16INO4. The van der Waals surface area contributed by atoms with Crippen molar-refractivity contribution in [3.8, 4) is 5.75 Å². The molecule has 0 aliphatic carbocycles. The first kappa shape index (κ1) is 16.8. The fraction of sp³-hybridized carbons (Fsp3) is 0.222. The summed E-state index contributed by atoms with van der Waals surface area (Å²) in [6.07, 6.45) is 0.688. The number of para-hydroxylation sites is 1. The molecule has 0 spiro atoms. The molecule has 0 radical (unpaired) electrons. The van der Waals surface area contributed by atoms with E-state index < -0.39 is 5.97 Å². The molecule has 24 heavy (non-hydrogen) atoms. The Morgan fingerprint density at radius 1 is 1.17 bits per heavy atom. The smallest absolute Gasteiger partial charge is 0.339 e. The predicted octanol–water partition coefficient (Wildman–Crippen LogP) is 3.09. The number of carbonyl (C=O) groups is 2. The lowest BCUT2D eigenvalue weighted by molar-refractivity contribution is -0.125. The summed E-state index contributed by atoms with van der Waals surface area (Å²) in [7, 11) is 0. The Morgan fingerprint density at radius 3 is 2.75 bits per heavy atom. The zero-order chi connectivity index (χ0) is 16.9. The minimum absolute atomic E-state index is 0.127. The van der Waals surface area contributed by atoms with E-state index in [2.05, 4.69) is 27.9 Å². The molecule has 1 unspecified atom stereocenters. The number of benzene rings is 2. The molecule has 0 saturated heterocycles. The zero-order valence-electron chi connectivity index (χ0n) is 12.8. The first-order valence-electron chi connectivity index (χ1n) is 7.58. The van der Waals surface area contributed by atoms with Crippen LogP contribution in [0.25, 0.3) is 0 Å². The van der Waals surface area contributed by atoms with E-state index in [9.17, 15) is 9.59 Å². The van der Waals surface area contributed by atoms with Crippen LogP contribution >= 0.6 is 22.6 Å². The van der Waals surface area contributed by atoms with Gasteiger partial charge in [-0.05, 0) is 40.8 Å². The molecule has 6 heteroatoms. The van der Waals surface area contributed by atoms with Crippen molar-refractivity contribution in [1.82, 2.24) is 5.32 Å². The van der Waals surface area contributed by atoms with Gasteiger partial charge in [-0.25, -0.2) is 4.79 Å². The van der Waals surface area contributed by atoms with Crippen LogP contribution in [0.5, 0.6) is 5.75 Å². The van der Waals surface area contributed by atoms with Crippen LogP contribution in [-0.2, 0) is 9.53 Å². The predicted molar refractivity (Wildman–Crippen MR) is 96.9 cm³/mol. The molecule has 1 atom stereocenters. The highest BCUT2D eigenvalue weighted by atomic mass is 127. The highest BCUT2D eigenvalue weighted by Crippen LogP contribution is 2.31. The summed E-state index contributed by atoms with van der Waals surface area (Å²) >= 11 is 2.06. The third-order valence-electron chi connectivity index (χ3n) is 3.72. The molecule has 0 bridgehead atoms. The molecule has 5 nitrogen and oxygen atoms in total. The Bertz CT molecular complexity index is 762. The highest BCUT2D eigenvalue weighted by Gasteiger charge is 2.23. The second-order valence-electron chi connectivity index (χ2n) is 5.35. The summed E-state index contributed by atoms with van der Waals surface area (Å²) in [5.74, 6) is -0.0385. The van der Waals surface area contributed by atoms with Crippen LogP contribution in [0.1, 0.15) is 28.4 Å². The zero-order valence-corrected chi connectivity index (χ0v) is 15.0. The molecule has 0 saturated carbocycles. The first-order chi connectivity index (χ1) is 11.6. The largest absolute Gasteiger partial charge is 0.493 e. The fourth-order valence-corrected chi connectivity index (χ4v) is 3.17. The van der Waals surface area contributed by atoms with Gasteiger partial charge in [0.05, 0.1) is 18.2 Å². The van der Waals surface area contributed by atoms with E-state index in [1.165, 1.54) is 0 Å². The van der Waals surface area contributed by atoms with Crippen LogP contribution in [0.3, 0.4) is 0 Å². The maximum Gasteiger partial charge on any atom is 0.339 e. The second-order valence-corrected chi connectivity index (χ2v) is 6.51. The van der Waals surface area contributed by atoms with Crippen molar-refractivity contribution in [2.75, 3.05) is 13.2 Å². The quantitative estimate of drug-likeness (QED) is 0.590. The van der Waals surface area contributed by atoms with Gasteiger partial charge in [0.2, 0.25) is 0 Å². The number of ether oxygens (including phenoxy) is 2. The van der Waals surface area contributed by atoms with E-state index >= 15 is 0 Å². The molecule has 1 aliphatic rings. The number of halogens is 1. The molecule has 0 fully saturated rings. The second kappa shape index (κ2) is 7.65. The first-order valence-corrected chi connectivity index (χ1v) is 8.66. The van der Waals surface area contributed by atoms with Crippen molar-refractivity contribution in [3.63, 3.8) is 0 Å². The topological polar surface area (TPSA) is 64.6 Å². The highest BCUT2D eigenvalue weighted by molar-refractivity contribution is 14.1. The van der Waals surface area contributed by atoms with Crippen LogP contribution in [-0.4, -0.2) is 25.1 Å². The van der Waals surface area contributed by atoms with Crippen molar-refractivity contribution in [2.24, 2.45) is 0 Å². The van der Waals surface area contributed by atoms with Crippen molar-refractivity contribution in [1.29, 1.82) is 0 Å². The van der Waals surface area contributed by atoms with Crippen molar-refractivity contribution in [3.05, 3.63) is 63.2 Å². The number of hydrogen-bond acceptors (Lipinski definition) is 4. The van der Waals surface area contributed by atoms with Gasteiger partial charge in [-0.3, -0.25) is 4.79 Å². The summed E-state index contributed by atoms with van der Waals surface area (Å²) in [6, 6.07) is 14.6. The van der Waals surface area contributed by atoms with Gasteiger partial charge in [-0.2, -0.15) is 0 Å². The Balaban J connectivity index is 1.57. The van der Waals surface area contributed by atoms with Crippen LogP contribution in [0.4, 0.5) is 0 Å². The molecule has 0 aromatic heterocycles. The lowest BCUT2D eigenvalue weighted by Crippen LogP contribution is -2.35. The molecule has 3 rings (SSSR count). The number of nitrogens with one attached hydrogen (secondary N) is 1. The fourth-order valence-electron chi connectivity index (χ4n) is 2.56. The molecule has 1 heterocycles. The SMILES string of the molecule is O=C(COC(=O)c1ccccc1I)NC1CCOc2ccccc21. The Morgan fingerprint density at radius 2 is 1.92 bits per heavy atom. The van der Waals surface area contributed by atoms with Gasteiger partial charge in [-0.1, -0.05) is 30.3 Å². The Hall–Kier alpha value is -2.09. The van der Waals surface area contributed by atoms with E-state index in [-0.39, 0.29) is 18.6 Å². The van der Waals surface area contributed by atoms with Gasteiger partial charge in [-0.15, -0.1) is 0 Å². The summed E-state index contributed by atoms with van der Waals surface area (Å²) in [5.41, 5.74) is 1.41. The number of amides is 1. The van der Waals surface area contributed by atoms with Gasteiger partial charge in [0, 0.05) is 15.6 Å². The minimum Gasteiger partial charge on any atom is -0.493 e. The van der Waals surface area contributed by atoms with Crippen LogP contribution < -0.4 is 10.1 Å².